The number of nitrogens with zero attached hydrogens (tertiary/aromatic N) is 1. The molecule has 0 spiro atoms. The van der Waals surface area contributed by atoms with Crippen LogP contribution in [0.3, 0.4) is 0 Å². The number of likely N-dealkylation sites (N-methyl/N-ethyl adjacent to an activating group) is 1. The van der Waals surface area contributed by atoms with E-state index >= 15 is 0 Å². The van der Waals surface area contributed by atoms with Crippen LogP contribution in [0.5, 0.6) is 0 Å². The van der Waals surface area contributed by atoms with Crippen molar-refractivity contribution < 1.29 is 4.39 Å². The molecule has 2 unspecified atom stereocenters. The van der Waals surface area contributed by atoms with Crippen LogP contribution in [0.25, 0.3) is 0 Å². The van der Waals surface area contributed by atoms with E-state index in [1.165, 1.54) is 17.3 Å². The lowest BCUT2D eigenvalue weighted by Gasteiger charge is -2.31. The number of pyridine rings is 1. The summed E-state index contributed by atoms with van der Waals surface area (Å²) < 4.78 is 13.5. The Hall–Kier alpha value is -1.74. The lowest BCUT2D eigenvalue weighted by atomic mass is 9.79. The number of hydrogen-bond acceptors (Lipinski definition) is 2. The summed E-state index contributed by atoms with van der Waals surface area (Å²) in [6, 6.07) is 11.1. The fourth-order valence-electron chi connectivity index (χ4n) is 3.27. The molecule has 0 bridgehead atoms. The monoisotopic (exact) mass is 270 g/mol. The van der Waals surface area contributed by atoms with E-state index in [0.717, 1.165) is 24.8 Å². The van der Waals surface area contributed by atoms with Crippen LogP contribution in [0.4, 0.5) is 4.39 Å². The topological polar surface area (TPSA) is 24.9 Å². The first kappa shape index (κ1) is 13.3. The predicted molar refractivity (Wildman–Crippen MR) is 78.1 cm³/mol. The summed E-state index contributed by atoms with van der Waals surface area (Å²) in [6.45, 7) is 0. The van der Waals surface area contributed by atoms with Crippen molar-refractivity contribution in [3.05, 3.63) is 65.2 Å². The number of rotatable bonds is 3. The van der Waals surface area contributed by atoms with Crippen LogP contribution in [0.15, 0.2) is 42.6 Å². The Labute approximate surface area is 119 Å². The van der Waals surface area contributed by atoms with E-state index in [-0.39, 0.29) is 11.9 Å². The Bertz CT molecular complexity index is 597. The van der Waals surface area contributed by atoms with Gasteiger partial charge >= 0.3 is 0 Å². The van der Waals surface area contributed by atoms with Crippen LogP contribution in [-0.2, 0) is 6.42 Å². The van der Waals surface area contributed by atoms with Gasteiger partial charge in [-0.2, -0.15) is 0 Å². The molecule has 0 saturated heterocycles. The smallest absolute Gasteiger partial charge is 0.123 e. The minimum atomic E-state index is -0.181. The predicted octanol–water partition coefficient (Wildman–Crippen LogP) is 3.60. The van der Waals surface area contributed by atoms with Crippen molar-refractivity contribution in [2.75, 3.05) is 7.05 Å². The van der Waals surface area contributed by atoms with Crippen molar-refractivity contribution >= 4 is 0 Å². The summed E-state index contributed by atoms with van der Waals surface area (Å²) in [5, 5.41) is 3.35. The number of benzene rings is 1. The summed E-state index contributed by atoms with van der Waals surface area (Å²) in [6.07, 6.45) is 5.21. The zero-order valence-corrected chi connectivity index (χ0v) is 11.6. The van der Waals surface area contributed by atoms with Crippen molar-refractivity contribution in [2.24, 2.45) is 0 Å². The molecule has 2 aromatic rings. The molecule has 1 aliphatic rings. The second-order valence-corrected chi connectivity index (χ2v) is 5.37. The summed E-state index contributed by atoms with van der Waals surface area (Å²) >= 11 is 0. The molecule has 1 aromatic heterocycles. The van der Waals surface area contributed by atoms with E-state index in [2.05, 4.69) is 16.4 Å². The van der Waals surface area contributed by atoms with Gasteiger partial charge in [-0.3, -0.25) is 4.98 Å². The van der Waals surface area contributed by atoms with E-state index in [0.29, 0.717) is 5.92 Å². The maximum absolute atomic E-state index is 13.5. The molecule has 3 heteroatoms. The van der Waals surface area contributed by atoms with Crippen LogP contribution in [0.1, 0.15) is 41.6 Å². The standard InChI is InChI=1S/C17H19FN2/c1-19-16(13-6-2-8-14(18)11-13)15-9-3-5-12-7-4-10-20-17(12)15/h2,4,6-8,10-11,15-16,19H,3,5,9H2,1H3. The van der Waals surface area contributed by atoms with Gasteiger partial charge < -0.3 is 5.32 Å². The van der Waals surface area contributed by atoms with Crippen LogP contribution >= 0.6 is 0 Å². The molecule has 1 heterocycles. The normalized spacial score (nSPS) is 19.4. The van der Waals surface area contributed by atoms with Crippen molar-refractivity contribution in [3.8, 4) is 0 Å². The minimum absolute atomic E-state index is 0.111. The van der Waals surface area contributed by atoms with Gasteiger partial charge in [0.25, 0.3) is 0 Å². The zero-order valence-electron chi connectivity index (χ0n) is 11.6. The number of fused-ring (bicyclic) bond motifs is 1. The first-order chi connectivity index (χ1) is 9.79. The summed E-state index contributed by atoms with van der Waals surface area (Å²) in [5.74, 6) is 0.131. The number of nitrogens with one attached hydrogen (secondary N) is 1. The molecule has 0 saturated carbocycles. The van der Waals surface area contributed by atoms with E-state index in [1.807, 2.05) is 25.4 Å². The Morgan fingerprint density at radius 1 is 1.30 bits per heavy atom. The molecule has 2 atom stereocenters. The molecule has 1 N–H and O–H groups in total. The van der Waals surface area contributed by atoms with Crippen molar-refractivity contribution in [2.45, 2.75) is 31.2 Å². The third-order valence-corrected chi connectivity index (χ3v) is 4.16. The highest BCUT2D eigenvalue weighted by atomic mass is 19.1. The van der Waals surface area contributed by atoms with Gasteiger partial charge in [0, 0.05) is 23.9 Å². The Morgan fingerprint density at radius 2 is 2.20 bits per heavy atom. The molecular formula is C17H19FN2. The third-order valence-electron chi connectivity index (χ3n) is 4.16. The van der Waals surface area contributed by atoms with Gasteiger partial charge in [0.05, 0.1) is 0 Å². The van der Waals surface area contributed by atoms with E-state index < -0.39 is 0 Å². The van der Waals surface area contributed by atoms with Gasteiger partial charge in [-0.1, -0.05) is 18.2 Å². The van der Waals surface area contributed by atoms with Gasteiger partial charge in [0.15, 0.2) is 0 Å². The van der Waals surface area contributed by atoms with Crippen LogP contribution in [0, 0.1) is 5.82 Å². The maximum Gasteiger partial charge on any atom is 0.123 e. The number of aryl methyl sites for hydroxylation is 1. The molecule has 20 heavy (non-hydrogen) atoms. The molecule has 104 valence electrons. The third kappa shape index (κ3) is 2.46. The molecule has 2 nitrogen and oxygen atoms in total. The maximum atomic E-state index is 13.5. The fourth-order valence-corrected chi connectivity index (χ4v) is 3.27. The lowest BCUT2D eigenvalue weighted by Crippen LogP contribution is -2.27. The summed E-state index contributed by atoms with van der Waals surface area (Å²) in [4.78, 5) is 4.58. The van der Waals surface area contributed by atoms with Crippen LogP contribution in [-0.4, -0.2) is 12.0 Å². The molecule has 0 aliphatic heterocycles. The van der Waals surface area contributed by atoms with E-state index in [1.54, 1.807) is 12.1 Å². The lowest BCUT2D eigenvalue weighted by molar-refractivity contribution is 0.414. The highest BCUT2D eigenvalue weighted by Gasteiger charge is 2.29. The minimum Gasteiger partial charge on any atom is -0.312 e. The molecule has 3 rings (SSSR count). The Balaban J connectivity index is 1.99. The van der Waals surface area contributed by atoms with Gasteiger partial charge in [-0.05, 0) is 55.6 Å². The molecule has 0 fully saturated rings. The fraction of sp³-hybridized carbons (Fsp3) is 0.353. The Kier molecular flexibility index (Phi) is 3.79. The molecular weight excluding hydrogens is 251 g/mol. The SMILES string of the molecule is CNC(c1cccc(F)c1)C1CCCc2cccnc21. The van der Waals surface area contributed by atoms with E-state index in [9.17, 15) is 4.39 Å². The van der Waals surface area contributed by atoms with Gasteiger partial charge in [-0.25, -0.2) is 4.39 Å². The largest absolute Gasteiger partial charge is 0.312 e. The number of hydrogen-bond donors (Lipinski definition) is 1. The zero-order chi connectivity index (χ0) is 13.9. The van der Waals surface area contributed by atoms with Gasteiger partial charge in [0.2, 0.25) is 0 Å². The van der Waals surface area contributed by atoms with Gasteiger partial charge in [-0.15, -0.1) is 0 Å². The quantitative estimate of drug-likeness (QED) is 0.921. The molecule has 0 amide bonds. The first-order valence-electron chi connectivity index (χ1n) is 7.16. The average Bonchev–Trinajstić information content (AvgIpc) is 2.48. The van der Waals surface area contributed by atoms with Crippen molar-refractivity contribution in [1.29, 1.82) is 0 Å². The number of halogens is 1. The van der Waals surface area contributed by atoms with Crippen LogP contribution in [0.2, 0.25) is 0 Å². The highest BCUT2D eigenvalue weighted by Crippen LogP contribution is 2.39. The van der Waals surface area contributed by atoms with Crippen LogP contribution < -0.4 is 5.32 Å². The van der Waals surface area contributed by atoms with Crippen molar-refractivity contribution in [3.63, 3.8) is 0 Å². The van der Waals surface area contributed by atoms with Crippen molar-refractivity contribution in [1.82, 2.24) is 10.3 Å². The number of aromatic nitrogens is 1. The summed E-state index contributed by atoms with van der Waals surface area (Å²) in [5.41, 5.74) is 3.50. The molecule has 0 radical (unpaired) electrons. The average molecular weight is 270 g/mol. The highest BCUT2D eigenvalue weighted by molar-refractivity contribution is 5.31. The summed E-state index contributed by atoms with van der Waals surface area (Å²) in [7, 11) is 1.94. The second kappa shape index (κ2) is 5.71. The van der Waals surface area contributed by atoms with E-state index in [4.69, 9.17) is 0 Å². The first-order valence-corrected chi connectivity index (χ1v) is 7.16. The Morgan fingerprint density at radius 3 is 3.00 bits per heavy atom. The second-order valence-electron chi connectivity index (χ2n) is 5.37. The van der Waals surface area contributed by atoms with Gasteiger partial charge in [0.1, 0.15) is 5.82 Å². The molecule has 1 aromatic carbocycles. The molecule has 1 aliphatic carbocycles.